The van der Waals surface area contributed by atoms with E-state index in [9.17, 15) is 22.2 Å². The number of rotatable bonds is 4. The van der Waals surface area contributed by atoms with Crippen LogP contribution in [0.25, 0.3) is 16.3 Å². The maximum Gasteiger partial charge on any atom is 0.508 e. The van der Waals surface area contributed by atoms with E-state index in [0.717, 1.165) is 0 Å². The van der Waals surface area contributed by atoms with E-state index in [1.54, 1.807) is 25.1 Å². The largest absolute Gasteiger partial charge is 0.508 e. The van der Waals surface area contributed by atoms with Gasteiger partial charge >= 0.3 is 22.6 Å². The monoisotopic (exact) mass is 359 g/mol. The van der Waals surface area contributed by atoms with Gasteiger partial charge in [0.2, 0.25) is 5.88 Å². The molecular weight excluding hydrogens is 347 g/mol. The summed E-state index contributed by atoms with van der Waals surface area (Å²) in [6, 6.07) is 6.38. The van der Waals surface area contributed by atoms with Crippen molar-refractivity contribution in [3.05, 3.63) is 42.1 Å². The molecule has 128 valence electrons. The lowest BCUT2D eigenvalue weighted by Gasteiger charge is -2.10. The molecule has 0 N–H and O–H groups in total. The van der Waals surface area contributed by atoms with Gasteiger partial charge in [-0.15, -0.1) is 0 Å². The molecule has 0 bridgehead atoms. The Morgan fingerprint density at radius 1 is 1.29 bits per heavy atom. The molecule has 24 heavy (non-hydrogen) atoms. The number of alkyl halides is 3. The van der Waals surface area contributed by atoms with Gasteiger partial charge in [0.05, 0.1) is 7.11 Å². The number of halogens is 3. The maximum absolute atomic E-state index is 12.4. The van der Waals surface area contributed by atoms with E-state index >= 15 is 0 Å². The zero-order valence-corrected chi connectivity index (χ0v) is 13.4. The lowest BCUT2D eigenvalue weighted by Crippen LogP contribution is -2.21. The number of hydrogen-bond donors (Lipinski definition) is 0. The quantitative estimate of drug-likeness (QED) is 0.619. The molecule has 2 rings (SSSR count). The van der Waals surface area contributed by atoms with Crippen LogP contribution in [0.5, 0.6) is 5.88 Å². The lowest BCUT2D eigenvalue weighted by atomic mass is 10.0. The molecule has 0 aliphatic heterocycles. The number of hydrogen-bond acceptors (Lipinski definition) is 5. The normalized spacial score (nSPS) is 13.6. The van der Waals surface area contributed by atoms with Gasteiger partial charge in [0.1, 0.15) is 0 Å². The third-order valence-corrected chi connectivity index (χ3v) is 3.75. The Labute approximate surface area is 137 Å². The van der Waals surface area contributed by atoms with E-state index in [0.29, 0.717) is 16.5 Å². The number of ether oxygens (including phenoxy) is 1. The Hall–Kier alpha value is -2.42. The summed E-state index contributed by atoms with van der Waals surface area (Å²) in [6.07, 6.45) is 2.49. The third kappa shape index (κ3) is 4.10. The van der Waals surface area contributed by atoms with Gasteiger partial charge in [-0.3, -0.25) is 0 Å². The molecule has 5 nitrogen and oxygen atoms in total. The van der Waals surface area contributed by atoms with Gasteiger partial charge in [-0.05, 0) is 35.6 Å². The van der Waals surface area contributed by atoms with Gasteiger partial charge in [0.15, 0.2) is 0 Å². The Balaban J connectivity index is 2.47. The maximum atomic E-state index is 12.4. The summed E-state index contributed by atoms with van der Waals surface area (Å²) in [5.41, 5.74) is -3.92. The van der Waals surface area contributed by atoms with Crippen LogP contribution in [0.15, 0.2) is 36.5 Å². The first-order valence-electron chi connectivity index (χ1n) is 6.54. The molecule has 0 spiro atoms. The summed E-state index contributed by atoms with van der Waals surface area (Å²) in [5.74, 6) is -0.968. The van der Waals surface area contributed by atoms with Crippen LogP contribution in [-0.4, -0.2) is 27.8 Å². The number of nitrogens with zero attached hydrogens (tertiary/aromatic N) is 1. The van der Waals surface area contributed by atoms with Crippen molar-refractivity contribution in [1.82, 2.24) is 4.98 Å². The number of pyridine rings is 1. The fraction of sp³-hybridized carbons (Fsp3) is 0.200. The molecule has 9 heteroatoms. The molecule has 1 heterocycles. The molecule has 1 aromatic heterocycles. The van der Waals surface area contributed by atoms with Crippen molar-refractivity contribution in [3.63, 3.8) is 0 Å². The van der Waals surface area contributed by atoms with Gasteiger partial charge in [0.25, 0.3) is 0 Å². The molecule has 1 atom stereocenters. The molecule has 1 unspecified atom stereocenters. The molecule has 0 radical (unpaired) electrons. The highest BCUT2D eigenvalue weighted by atomic mass is 32.2. The number of methoxy groups -OCH3 is 1. The van der Waals surface area contributed by atoms with Gasteiger partial charge in [0, 0.05) is 17.7 Å². The van der Waals surface area contributed by atoms with Crippen molar-refractivity contribution >= 4 is 33.4 Å². The SMILES string of the molecule is COC(=O)/C=C(\C)c1ccc2ccnc(OS(=O)C(F)(F)F)c2c1. The Bertz CT molecular complexity index is 833. The fourth-order valence-corrected chi connectivity index (χ4v) is 2.26. The fourth-order valence-electron chi connectivity index (χ4n) is 1.89. The number of carbonyl (C=O) groups excluding carboxylic acids is 1. The number of carbonyl (C=O) groups is 1. The van der Waals surface area contributed by atoms with Crippen molar-refractivity contribution in [3.8, 4) is 5.88 Å². The summed E-state index contributed by atoms with van der Waals surface area (Å²) >= 11 is -3.52. The van der Waals surface area contributed by atoms with Crippen LogP contribution < -0.4 is 4.18 Å². The van der Waals surface area contributed by atoms with E-state index in [-0.39, 0.29) is 5.39 Å². The van der Waals surface area contributed by atoms with Crippen LogP contribution in [0, 0.1) is 0 Å². The van der Waals surface area contributed by atoms with Crippen molar-refractivity contribution in [2.45, 2.75) is 12.4 Å². The summed E-state index contributed by atoms with van der Waals surface area (Å²) in [6.45, 7) is 1.64. The predicted molar refractivity (Wildman–Crippen MR) is 82.2 cm³/mol. The van der Waals surface area contributed by atoms with E-state index in [1.807, 2.05) is 0 Å². The van der Waals surface area contributed by atoms with Crippen molar-refractivity contribution in [2.24, 2.45) is 0 Å². The van der Waals surface area contributed by atoms with E-state index in [1.165, 1.54) is 25.4 Å². The van der Waals surface area contributed by atoms with Gasteiger partial charge in [-0.1, -0.05) is 12.1 Å². The minimum Gasteiger partial charge on any atom is -0.466 e. The van der Waals surface area contributed by atoms with Crippen LogP contribution >= 0.6 is 0 Å². The molecule has 0 aliphatic carbocycles. The first-order chi connectivity index (χ1) is 11.2. The summed E-state index contributed by atoms with van der Waals surface area (Å²) in [4.78, 5) is 15.0. The Morgan fingerprint density at radius 2 is 2.00 bits per heavy atom. The van der Waals surface area contributed by atoms with E-state index in [2.05, 4.69) is 13.9 Å². The Kier molecular flexibility index (Phi) is 5.23. The summed E-state index contributed by atoms with van der Waals surface area (Å²) < 4.78 is 57.3. The Morgan fingerprint density at radius 3 is 2.62 bits per heavy atom. The van der Waals surface area contributed by atoms with Crippen molar-refractivity contribution in [1.29, 1.82) is 0 Å². The van der Waals surface area contributed by atoms with E-state index < -0.39 is 28.4 Å². The van der Waals surface area contributed by atoms with E-state index in [4.69, 9.17) is 0 Å². The minimum absolute atomic E-state index is 0.241. The van der Waals surface area contributed by atoms with Crippen LogP contribution in [0.1, 0.15) is 12.5 Å². The number of allylic oxidation sites excluding steroid dienone is 1. The third-order valence-electron chi connectivity index (χ3n) is 3.06. The second kappa shape index (κ2) is 7.00. The first kappa shape index (κ1) is 17.9. The van der Waals surface area contributed by atoms with Gasteiger partial charge < -0.3 is 8.92 Å². The number of esters is 1. The highest BCUT2D eigenvalue weighted by molar-refractivity contribution is 7.81. The highest BCUT2D eigenvalue weighted by Crippen LogP contribution is 2.30. The minimum atomic E-state index is -5.01. The smallest absolute Gasteiger partial charge is 0.466 e. The predicted octanol–water partition coefficient (Wildman–Crippen LogP) is 3.37. The number of aromatic nitrogens is 1. The molecule has 2 aromatic rings. The van der Waals surface area contributed by atoms with Crippen molar-refractivity contribution < 1.29 is 31.1 Å². The molecule has 0 fully saturated rings. The first-order valence-corrected chi connectivity index (χ1v) is 7.62. The molecule has 1 aromatic carbocycles. The zero-order chi connectivity index (χ0) is 17.9. The van der Waals surface area contributed by atoms with Crippen LogP contribution in [-0.2, 0) is 20.6 Å². The second-order valence-electron chi connectivity index (χ2n) is 4.67. The summed E-state index contributed by atoms with van der Waals surface area (Å²) in [7, 11) is 1.23. The zero-order valence-electron chi connectivity index (χ0n) is 12.6. The second-order valence-corrected chi connectivity index (χ2v) is 5.77. The number of fused-ring (bicyclic) bond motifs is 1. The molecule has 0 saturated heterocycles. The number of benzene rings is 1. The molecular formula is C15H12F3NO4S. The average Bonchev–Trinajstić information content (AvgIpc) is 2.53. The molecule has 0 saturated carbocycles. The topological polar surface area (TPSA) is 65.5 Å². The standard InChI is InChI=1S/C15H12F3NO4S/c1-9(7-13(20)22-2)11-4-3-10-5-6-19-14(12(10)8-11)23-24(21)15(16,17)18/h3-8H,1-2H3/b9-7+. The van der Waals surface area contributed by atoms with Crippen LogP contribution in [0.4, 0.5) is 13.2 Å². The molecule has 0 aliphatic rings. The average molecular weight is 359 g/mol. The highest BCUT2D eigenvalue weighted by Gasteiger charge is 2.40. The molecule has 0 amide bonds. The van der Waals surface area contributed by atoms with Crippen LogP contribution in [0.3, 0.4) is 0 Å². The van der Waals surface area contributed by atoms with Gasteiger partial charge in [-0.25, -0.2) is 14.0 Å². The summed E-state index contributed by atoms with van der Waals surface area (Å²) in [5, 5.41) is 0.791. The lowest BCUT2D eigenvalue weighted by molar-refractivity contribution is -0.134. The van der Waals surface area contributed by atoms with Crippen LogP contribution in [0.2, 0.25) is 0 Å². The van der Waals surface area contributed by atoms with Gasteiger partial charge in [-0.2, -0.15) is 13.2 Å². The van der Waals surface area contributed by atoms with Crippen molar-refractivity contribution in [2.75, 3.05) is 7.11 Å².